The van der Waals surface area contributed by atoms with Crippen molar-refractivity contribution in [2.45, 2.75) is 26.7 Å². The van der Waals surface area contributed by atoms with Crippen molar-refractivity contribution < 1.29 is 4.79 Å². The van der Waals surface area contributed by atoms with Crippen LogP contribution in [0.3, 0.4) is 0 Å². The molecule has 6 heteroatoms. The van der Waals surface area contributed by atoms with Crippen molar-refractivity contribution in [3.8, 4) is 0 Å². The maximum atomic E-state index is 12.5. The largest absolute Gasteiger partial charge is 0.339 e. The smallest absolute Gasteiger partial charge is 0.254 e. The summed E-state index contributed by atoms with van der Waals surface area (Å²) in [7, 11) is 0. The summed E-state index contributed by atoms with van der Waals surface area (Å²) < 4.78 is 0. The summed E-state index contributed by atoms with van der Waals surface area (Å²) in [6.07, 6.45) is 2.12. The number of nitrogen functional groups attached to an aromatic ring is 1. The van der Waals surface area contributed by atoms with Crippen molar-refractivity contribution in [2.24, 2.45) is 17.7 Å². The molecule has 3 N–H and O–H groups in total. The molecule has 110 valence electrons. The van der Waals surface area contributed by atoms with E-state index >= 15 is 0 Å². The number of nitrogens with two attached hydrogens (primary N) is 1. The number of amides is 1. The lowest BCUT2D eigenvalue weighted by Crippen LogP contribution is -2.39. The van der Waals surface area contributed by atoms with Crippen LogP contribution in [0.1, 0.15) is 37.0 Å². The van der Waals surface area contributed by atoms with E-state index in [1.807, 2.05) is 4.90 Å². The molecule has 0 atom stereocenters. The molecule has 2 rings (SSSR count). The topological polar surface area (TPSA) is 71.2 Å². The molecule has 1 aliphatic heterocycles. The van der Waals surface area contributed by atoms with Gasteiger partial charge in [0.1, 0.15) is 11.0 Å². The number of piperidine rings is 1. The van der Waals surface area contributed by atoms with Gasteiger partial charge in [0, 0.05) is 18.7 Å². The summed E-state index contributed by atoms with van der Waals surface area (Å²) in [6.45, 7) is 6.08. The van der Waals surface area contributed by atoms with Crippen molar-refractivity contribution in [3.05, 3.63) is 22.8 Å². The number of rotatable bonds is 3. The second-order valence-corrected chi connectivity index (χ2v) is 5.97. The normalized spacial score (nSPS) is 16.6. The standard InChI is InChI=1S/C14H21ClN4O/c1-9(2)10-3-5-19(6-4-10)14(20)11-7-12(15)17-13(8-11)18-16/h7-10H,3-6,16H2,1-2H3,(H,17,18). The molecule has 1 fully saturated rings. The van der Waals surface area contributed by atoms with Crippen molar-refractivity contribution in [3.63, 3.8) is 0 Å². The van der Waals surface area contributed by atoms with Gasteiger partial charge in [-0.25, -0.2) is 10.8 Å². The van der Waals surface area contributed by atoms with E-state index in [-0.39, 0.29) is 11.1 Å². The lowest BCUT2D eigenvalue weighted by atomic mass is 9.86. The SMILES string of the molecule is CC(C)C1CCN(C(=O)c2cc(Cl)nc(NN)c2)CC1. The summed E-state index contributed by atoms with van der Waals surface area (Å²) in [5.41, 5.74) is 2.95. The molecular formula is C14H21ClN4O. The third kappa shape index (κ3) is 3.41. The summed E-state index contributed by atoms with van der Waals surface area (Å²) in [5.74, 6) is 7.10. The number of hydrazine groups is 1. The number of anilines is 1. The first kappa shape index (κ1) is 15.1. The summed E-state index contributed by atoms with van der Waals surface area (Å²) >= 11 is 5.90. The third-order valence-corrected chi connectivity index (χ3v) is 4.15. The Hall–Kier alpha value is -1.33. The Morgan fingerprint density at radius 2 is 2.10 bits per heavy atom. The van der Waals surface area contributed by atoms with Gasteiger partial charge >= 0.3 is 0 Å². The number of carbonyl (C=O) groups excluding carboxylic acids is 1. The zero-order valence-corrected chi connectivity index (χ0v) is 12.7. The second-order valence-electron chi connectivity index (χ2n) is 5.58. The van der Waals surface area contributed by atoms with E-state index in [9.17, 15) is 4.79 Å². The van der Waals surface area contributed by atoms with E-state index in [4.69, 9.17) is 17.4 Å². The van der Waals surface area contributed by atoms with Crippen LogP contribution in [0.25, 0.3) is 0 Å². The Morgan fingerprint density at radius 3 is 2.65 bits per heavy atom. The lowest BCUT2D eigenvalue weighted by Gasteiger charge is -2.34. The van der Waals surface area contributed by atoms with Crippen molar-refractivity contribution in [1.29, 1.82) is 0 Å². The molecule has 1 aromatic heterocycles. The Labute approximate surface area is 124 Å². The van der Waals surface area contributed by atoms with E-state index in [0.29, 0.717) is 23.2 Å². The van der Waals surface area contributed by atoms with Crippen molar-refractivity contribution in [1.82, 2.24) is 9.88 Å². The van der Waals surface area contributed by atoms with Gasteiger partial charge in [-0.1, -0.05) is 25.4 Å². The van der Waals surface area contributed by atoms with Gasteiger partial charge in [-0.2, -0.15) is 0 Å². The number of carbonyl (C=O) groups is 1. The first-order valence-corrected chi connectivity index (χ1v) is 7.32. The molecule has 0 aliphatic carbocycles. The molecule has 1 amide bonds. The molecule has 1 saturated heterocycles. The first-order valence-electron chi connectivity index (χ1n) is 6.94. The molecule has 0 radical (unpaired) electrons. The minimum Gasteiger partial charge on any atom is -0.339 e. The van der Waals surface area contributed by atoms with E-state index in [1.54, 1.807) is 12.1 Å². The summed E-state index contributed by atoms with van der Waals surface area (Å²) in [4.78, 5) is 18.3. The first-order chi connectivity index (χ1) is 9.51. The molecule has 0 bridgehead atoms. The molecule has 0 aromatic carbocycles. The number of nitrogens with zero attached hydrogens (tertiary/aromatic N) is 2. The highest BCUT2D eigenvalue weighted by Gasteiger charge is 2.25. The van der Waals surface area contributed by atoms with E-state index in [2.05, 4.69) is 24.3 Å². The van der Waals surface area contributed by atoms with Gasteiger partial charge in [-0.15, -0.1) is 0 Å². The number of nitrogens with one attached hydrogen (secondary N) is 1. The van der Waals surface area contributed by atoms with Crippen LogP contribution in [0.4, 0.5) is 5.82 Å². The van der Waals surface area contributed by atoms with Crippen LogP contribution >= 0.6 is 11.6 Å². The monoisotopic (exact) mass is 296 g/mol. The second kappa shape index (κ2) is 6.41. The fourth-order valence-electron chi connectivity index (χ4n) is 2.65. The molecular weight excluding hydrogens is 276 g/mol. The van der Waals surface area contributed by atoms with E-state index in [1.165, 1.54) is 0 Å². The molecule has 0 saturated carbocycles. The van der Waals surface area contributed by atoms with Crippen LogP contribution in [0, 0.1) is 11.8 Å². The maximum Gasteiger partial charge on any atom is 0.254 e. The number of likely N-dealkylation sites (tertiary alicyclic amines) is 1. The quantitative estimate of drug-likeness (QED) is 0.511. The van der Waals surface area contributed by atoms with Crippen LogP contribution in [0.2, 0.25) is 5.15 Å². The number of aromatic nitrogens is 1. The summed E-state index contributed by atoms with van der Waals surface area (Å²) in [6, 6.07) is 3.21. The Bertz CT molecular complexity index is 484. The Morgan fingerprint density at radius 1 is 1.45 bits per heavy atom. The number of pyridine rings is 1. The molecule has 1 aliphatic rings. The fourth-order valence-corrected chi connectivity index (χ4v) is 2.85. The van der Waals surface area contributed by atoms with E-state index in [0.717, 1.165) is 25.9 Å². The molecule has 1 aromatic rings. The zero-order chi connectivity index (χ0) is 14.7. The Balaban J connectivity index is 2.07. The van der Waals surface area contributed by atoms with Gasteiger partial charge in [0.25, 0.3) is 5.91 Å². The minimum absolute atomic E-state index is 0.00648. The number of hydrogen-bond donors (Lipinski definition) is 2. The van der Waals surface area contributed by atoms with Gasteiger partial charge in [0.2, 0.25) is 0 Å². The van der Waals surface area contributed by atoms with E-state index < -0.39 is 0 Å². The fraction of sp³-hybridized carbons (Fsp3) is 0.571. The summed E-state index contributed by atoms with van der Waals surface area (Å²) in [5, 5.41) is 0.265. The third-order valence-electron chi connectivity index (χ3n) is 3.96. The van der Waals surface area contributed by atoms with Crippen LogP contribution in [-0.4, -0.2) is 28.9 Å². The minimum atomic E-state index is -0.00648. The van der Waals surface area contributed by atoms with Gasteiger partial charge in [-0.05, 0) is 36.8 Å². The molecule has 20 heavy (non-hydrogen) atoms. The van der Waals surface area contributed by atoms with Gasteiger partial charge in [-0.3, -0.25) is 4.79 Å². The van der Waals surface area contributed by atoms with Crippen LogP contribution in [0.5, 0.6) is 0 Å². The highest BCUT2D eigenvalue weighted by atomic mass is 35.5. The average molecular weight is 297 g/mol. The highest BCUT2D eigenvalue weighted by molar-refractivity contribution is 6.29. The predicted octanol–water partition coefficient (Wildman–Crippen LogP) is 2.53. The molecule has 5 nitrogen and oxygen atoms in total. The van der Waals surface area contributed by atoms with Crippen LogP contribution in [-0.2, 0) is 0 Å². The number of hydrogen-bond acceptors (Lipinski definition) is 4. The van der Waals surface area contributed by atoms with Gasteiger partial charge in [0.05, 0.1) is 0 Å². The number of halogens is 1. The average Bonchev–Trinajstić information content (AvgIpc) is 2.45. The zero-order valence-electron chi connectivity index (χ0n) is 11.9. The Kier molecular flexibility index (Phi) is 4.83. The van der Waals surface area contributed by atoms with Crippen molar-refractivity contribution in [2.75, 3.05) is 18.5 Å². The van der Waals surface area contributed by atoms with Gasteiger partial charge in [0.15, 0.2) is 0 Å². The molecule has 0 unspecified atom stereocenters. The lowest BCUT2D eigenvalue weighted by molar-refractivity contribution is 0.0667. The predicted molar refractivity (Wildman–Crippen MR) is 80.5 cm³/mol. The van der Waals surface area contributed by atoms with Gasteiger partial charge < -0.3 is 10.3 Å². The highest BCUT2D eigenvalue weighted by Crippen LogP contribution is 2.26. The van der Waals surface area contributed by atoms with Crippen LogP contribution in [0.15, 0.2) is 12.1 Å². The van der Waals surface area contributed by atoms with Crippen LogP contribution < -0.4 is 11.3 Å². The molecule has 0 spiro atoms. The molecule has 2 heterocycles. The van der Waals surface area contributed by atoms with Crippen molar-refractivity contribution >= 4 is 23.3 Å². The maximum absolute atomic E-state index is 12.5.